The zero-order chi connectivity index (χ0) is 7.44. The highest BCUT2D eigenvalue weighted by atomic mass is 16.3. The molecule has 0 spiro atoms. The van der Waals surface area contributed by atoms with Gasteiger partial charge in [-0.3, -0.25) is 4.79 Å². The highest BCUT2D eigenvalue weighted by Crippen LogP contribution is 2.00. The molecule has 2 N–H and O–H groups in total. The Hall–Kier alpha value is -0.570. The van der Waals surface area contributed by atoms with Gasteiger partial charge in [0.2, 0.25) is 5.91 Å². The van der Waals surface area contributed by atoms with Gasteiger partial charge in [-0.15, -0.1) is 0 Å². The van der Waals surface area contributed by atoms with Gasteiger partial charge >= 0.3 is 0 Å². The van der Waals surface area contributed by atoms with Gasteiger partial charge in [-0.2, -0.15) is 0 Å². The first-order chi connectivity index (χ1) is 4.09. The van der Waals surface area contributed by atoms with Crippen LogP contribution in [0.25, 0.3) is 0 Å². The standard InChI is InChI=1S/C6H13NO2/c1-4(5(2)8)6(9)7-3/h4-5,8H,1-3H3,(H,7,9)/t4-,5+/m0/s1. The molecule has 0 saturated heterocycles. The van der Waals surface area contributed by atoms with Crippen LogP contribution in [0.5, 0.6) is 0 Å². The maximum atomic E-state index is 10.7. The Balaban J connectivity index is 3.72. The molecule has 9 heavy (non-hydrogen) atoms. The van der Waals surface area contributed by atoms with Crippen LogP contribution in [-0.4, -0.2) is 24.2 Å². The van der Waals surface area contributed by atoms with E-state index in [1.807, 2.05) is 0 Å². The van der Waals surface area contributed by atoms with Gasteiger partial charge in [-0.25, -0.2) is 0 Å². The number of carbonyl (C=O) groups is 1. The molecule has 0 fully saturated rings. The number of hydrogen-bond donors (Lipinski definition) is 2. The van der Waals surface area contributed by atoms with Crippen LogP contribution in [0.3, 0.4) is 0 Å². The molecule has 0 aliphatic carbocycles. The van der Waals surface area contributed by atoms with E-state index < -0.39 is 6.10 Å². The second-order valence-corrected chi connectivity index (χ2v) is 2.14. The summed E-state index contributed by atoms with van der Waals surface area (Å²) < 4.78 is 0. The van der Waals surface area contributed by atoms with E-state index in [2.05, 4.69) is 5.32 Å². The van der Waals surface area contributed by atoms with Gasteiger partial charge in [0.1, 0.15) is 0 Å². The number of rotatable bonds is 2. The molecule has 0 radical (unpaired) electrons. The Bertz CT molecular complexity index is 101. The molecule has 0 unspecified atom stereocenters. The molecule has 2 atom stereocenters. The Morgan fingerprint density at radius 2 is 2.00 bits per heavy atom. The van der Waals surface area contributed by atoms with Crippen molar-refractivity contribution in [1.82, 2.24) is 5.32 Å². The summed E-state index contributed by atoms with van der Waals surface area (Å²) in [5.74, 6) is -0.431. The Morgan fingerprint density at radius 3 is 2.11 bits per heavy atom. The highest BCUT2D eigenvalue weighted by molar-refractivity contribution is 5.78. The van der Waals surface area contributed by atoms with Crippen LogP contribution in [0, 0.1) is 5.92 Å². The van der Waals surface area contributed by atoms with E-state index in [-0.39, 0.29) is 11.8 Å². The number of carbonyl (C=O) groups excluding carboxylic acids is 1. The van der Waals surface area contributed by atoms with Crippen molar-refractivity contribution >= 4 is 5.91 Å². The molecule has 0 rings (SSSR count). The second-order valence-electron chi connectivity index (χ2n) is 2.14. The number of amides is 1. The molecule has 0 aliphatic heterocycles. The zero-order valence-electron chi connectivity index (χ0n) is 6.01. The molecule has 54 valence electrons. The van der Waals surface area contributed by atoms with Gasteiger partial charge in [0, 0.05) is 7.05 Å². The third-order valence-corrected chi connectivity index (χ3v) is 1.38. The van der Waals surface area contributed by atoms with E-state index in [9.17, 15) is 4.79 Å². The van der Waals surface area contributed by atoms with E-state index >= 15 is 0 Å². The lowest BCUT2D eigenvalue weighted by Crippen LogP contribution is -2.31. The van der Waals surface area contributed by atoms with Crippen molar-refractivity contribution in [1.29, 1.82) is 0 Å². The van der Waals surface area contributed by atoms with Crippen molar-refractivity contribution in [3.8, 4) is 0 Å². The van der Waals surface area contributed by atoms with E-state index in [4.69, 9.17) is 5.11 Å². The molecule has 3 heteroatoms. The molecule has 0 saturated carbocycles. The van der Waals surface area contributed by atoms with E-state index in [1.165, 1.54) is 0 Å². The summed E-state index contributed by atoms with van der Waals surface area (Å²) in [4.78, 5) is 10.7. The Kier molecular flexibility index (Phi) is 3.24. The Morgan fingerprint density at radius 1 is 1.56 bits per heavy atom. The largest absolute Gasteiger partial charge is 0.393 e. The van der Waals surface area contributed by atoms with E-state index in [0.29, 0.717) is 0 Å². The number of hydrogen-bond acceptors (Lipinski definition) is 2. The predicted octanol–water partition coefficient (Wildman–Crippen LogP) is -0.251. The summed E-state index contributed by atoms with van der Waals surface area (Å²) in [5, 5.41) is 11.3. The third kappa shape index (κ3) is 2.46. The summed E-state index contributed by atoms with van der Waals surface area (Å²) >= 11 is 0. The van der Waals surface area contributed by atoms with Crippen LogP contribution in [-0.2, 0) is 4.79 Å². The summed E-state index contributed by atoms with van der Waals surface area (Å²) in [6.45, 7) is 3.28. The number of aliphatic hydroxyl groups excluding tert-OH is 1. The quantitative estimate of drug-likeness (QED) is 0.543. The molecule has 1 amide bonds. The summed E-state index contributed by atoms with van der Waals surface area (Å²) in [6, 6.07) is 0. The maximum absolute atomic E-state index is 10.7. The van der Waals surface area contributed by atoms with Gasteiger partial charge in [0.15, 0.2) is 0 Å². The minimum absolute atomic E-state index is 0.120. The average molecular weight is 131 g/mol. The van der Waals surface area contributed by atoms with Crippen molar-refractivity contribution < 1.29 is 9.90 Å². The van der Waals surface area contributed by atoms with Crippen molar-refractivity contribution in [3.05, 3.63) is 0 Å². The molecule has 0 bridgehead atoms. The van der Waals surface area contributed by atoms with Crippen molar-refractivity contribution in [2.24, 2.45) is 5.92 Å². The second kappa shape index (κ2) is 3.45. The third-order valence-electron chi connectivity index (χ3n) is 1.38. The van der Waals surface area contributed by atoms with Gasteiger partial charge in [0.05, 0.1) is 12.0 Å². The number of aliphatic hydroxyl groups is 1. The van der Waals surface area contributed by atoms with Gasteiger partial charge in [0.25, 0.3) is 0 Å². The SMILES string of the molecule is CNC(=O)[C@@H](C)[C@@H](C)O. The molecular weight excluding hydrogens is 118 g/mol. The van der Waals surface area contributed by atoms with Crippen LogP contribution in [0.15, 0.2) is 0 Å². The first-order valence-corrected chi connectivity index (χ1v) is 2.99. The van der Waals surface area contributed by atoms with Gasteiger partial charge < -0.3 is 10.4 Å². The summed E-state index contributed by atoms with van der Waals surface area (Å²) in [5.41, 5.74) is 0. The lowest BCUT2D eigenvalue weighted by Gasteiger charge is -2.11. The minimum Gasteiger partial charge on any atom is -0.393 e. The van der Waals surface area contributed by atoms with E-state index in [0.717, 1.165) is 0 Å². The van der Waals surface area contributed by atoms with Crippen molar-refractivity contribution in [2.45, 2.75) is 20.0 Å². The smallest absolute Gasteiger partial charge is 0.225 e. The monoisotopic (exact) mass is 131 g/mol. The Labute approximate surface area is 55.1 Å². The fourth-order valence-electron chi connectivity index (χ4n) is 0.447. The lowest BCUT2D eigenvalue weighted by molar-refractivity contribution is -0.126. The molecule has 0 aromatic rings. The minimum atomic E-state index is -0.565. The highest BCUT2D eigenvalue weighted by Gasteiger charge is 2.15. The first-order valence-electron chi connectivity index (χ1n) is 2.99. The predicted molar refractivity (Wildman–Crippen MR) is 34.9 cm³/mol. The fourth-order valence-corrected chi connectivity index (χ4v) is 0.447. The van der Waals surface area contributed by atoms with Crippen LogP contribution < -0.4 is 5.32 Å². The van der Waals surface area contributed by atoms with Gasteiger partial charge in [-0.1, -0.05) is 6.92 Å². The molecule has 0 aliphatic rings. The van der Waals surface area contributed by atoms with Crippen LogP contribution in [0.2, 0.25) is 0 Å². The topological polar surface area (TPSA) is 49.3 Å². The molecule has 0 heterocycles. The summed E-state index contributed by atoms with van der Waals surface area (Å²) in [7, 11) is 1.56. The normalized spacial score (nSPS) is 16.4. The molecular formula is C6H13NO2. The van der Waals surface area contributed by atoms with Crippen LogP contribution >= 0.6 is 0 Å². The molecule has 3 nitrogen and oxygen atoms in total. The average Bonchev–Trinajstić information content (AvgIpc) is 1.84. The van der Waals surface area contributed by atoms with E-state index in [1.54, 1.807) is 20.9 Å². The van der Waals surface area contributed by atoms with Gasteiger partial charge in [-0.05, 0) is 6.92 Å². The fraction of sp³-hybridized carbons (Fsp3) is 0.833. The summed E-state index contributed by atoms with van der Waals surface area (Å²) in [6.07, 6.45) is -0.565. The lowest BCUT2D eigenvalue weighted by atomic mass is 10.1. The maximum Gasteiger partial charge on any atom is 0.225 e. The first kappa shape index (κ1) is 8.43. The van der Waals surface area contributed by atoms with Crippen molar-refractivity contribution in [3.63, 3.8) is 0 Å². The molecule has 0 aromatic heterocycles. The zero-order valence-corrected chi connectivity index (χ0v) is 6.01. The van der Waals surface area contributed by atoms with Crippen LogP contribution in [0.1, 0.15) is 13.8 Å². The van der Waals surface area contributed by atoms with Crippen LogP contribution in [0.4, 0.5) is 0 Å². The van der Waals surface area contributed by atoms with Crippen molar-refractivity contribution in [2.75, 3.05) is 7.05 Å². The molecule has 0 aromatic carbocycles. The number of nitrogens with one attached hydrogen (secondary N) is 1.